The molecule has 0 saturated carbocycles. The minimum Gasteiger partial charge on any atom is -0.497 e. The van der Waals surface area contributed by atoms with Gasteiger partial charge in [-0.05, 0) is 56.7 Å². The largest absolute Gasteiger partial charge is 0.497 e. The summed E-state index contributed by atoms with van der Waals surface area (Å²) in [6.07, 6.45) is -4.61. The first-order chi connectivity index (χ1) is 16.6. The van der Waals surface area contributed by atoms with E-state index >= 15 is 0 Å². The first-order valence-corrected chi connectivity index (χ1v) is 10.7. The first kappa shape index (κ1) is 24.0. The Balaban J connectivity index is 1.57. The monoisotopic (exact) mass is 484 g/mol. The van der Waals surface area contributed by atoms with Crippen LogP contribution in [0.4, 0.5) is 13.2 Å². The van der Waals surface area contributed by atoms with Gasteiger partial charge in [-0.3, -0.25) is 4.79 Å². The average Bonchev–Trinajstić information content (AvgIpc) is 3.37. The summed E-state index contributed by atoms with van der Waals surface area (Å²) < 4.78 is 49.6. The number of methoxy groups -OCH3 is 1. The maximum absolute atomic E-state index is 13.8. The molecule has 0 fully saturated rings. The van der Waals surface area contributed by atoms with Crippen molar-refractivity contribution in [3.8, 4) is 17.1 Å². The smallest absolute Gasteiger partial charge is 0.416 e. The summed E-state index contributed by atoms with van der Waals surface area (Å²) in [6.45, 7) is 4.85. The summed E-state index contributed by atoms with van der Waals surface area (Å²) in [5.41, 5.74) is 1.86. The highest BCUT2D eigenvalue weighted by atomic mass is 19.4. The SMILES string of the molecule is COc1cccc(-n2nnc(C(=O)NCc3ccc(-n4nc(C)cc4C)cc3C(F)(F)F)c2C)c1. The number of hydrogen-bond acceptors (Lipinski definition) is 5. The maximum atomic E-state index is 13.8. The highest BCUT2D eigenvalue weighted by molar-refractivity contribution is 5.93. The van der Waals surface area contributed by atoms with Crippen LogP contribution in [0.2, 0.25) is 0 Å². The molecule has 0 unspecified atom stereocenters. The molecule has 0 aliphatic rings. The molecule has 0 atom stereocenters. The van der Waals surface area contributed by atoms with Gasteiger partial charge in [0.15, 0.2) is 5.69 Å². The Morgan fingerprint density at radius 3 is 2.43 bits per heavy atom. The molecule has 1 N–H and O–H groups in total. The third-order valence-electron chi connectivity index (χ3n) is 5.50. The number of carbonyl (C=O) groups excluding carboxylic acids is 1. The van der Waals surface area contributed by atoms with Gasteiger partial charge in [0.2, 0.25) is 0 Å². The van der Waals surface area contributed by atoms with Crippen molar-refractivity contribution in [3.05, 3.63) is 82.4 Å². The Morgan fingerprint density at radius 1 is 1.03 bits per heavy atom. The molecule has 2 aromatic heterocycles. The van der Waals surface area contributed by atoms with Crippen molar-refractivity contribution in [2.75, 3.05) is 7.11 Å². The van der Waals surface area contributed by atoms with Gasteiger partial charge in [-0.15, -0.1) is 5.10 Å². The number of rotatable bonds is 6. The lowest BCUT2D eigenvalue weighted by atomic mass is 10.1. The van der Waals surface area contributed by atoms with Gasteiger partial charge in [0.1, 0.15) is 5.75 Å². The lowest BCUT2D eigenvalue weighted by Crippen LogP contribution is -2.26. The van der Waals surface area contributed by atoms with E-state index in [2.05, 4.69) is 20.7 Å². The molecular formula is C24H23F3N6O2. The fraction of sp³-hybridized carbons (Fsp3) is 0.250. The van der Waals surface area contributed by atoms with E-state index in [1.54, 1.807) is 57.2 Å². The Kier molecular flexibility index (Phi) is 6.33. The summed E-state index contributed by atoms with van der Waals surface area (Å²) in [7, 11) is 1.53. The second-order valence-corrected chi connectivity index (χ2v) is 8.00. The number of aromatic nitrogens is 5. The predicted octanol–water partition coefficient (Wildman–Crippen LogP) is 4.34. The number of amides is 1. The van der Waals surface area contributed by atoms with Crippen LogP contribution >= 0.6 is 0 Å². The molecule has 4 aromatic rings. The molecule has 8 nitrogen and oxygen atoms in total. The number of halogens is 3. The zero-order valence-electron chi connectivity index (χ0n) is 19.5. The Morgan fingerprint density at radius 2 is 1.77 bits per heavy atom. The Labute approximate surface area is 199 Å². The second kappa shape index (κ2) is 9.24. The molecule has 0 saturated heterocycles. The Bertz CT molecular complexity index is 1390. The van der Waals surface area contributed by atoms with Crippen molar-refractivity contribution in [2.24, 2.45) is 0 Å². The normalized spacial score (nSPS) is 11.5. The number of aryl methyl sites for hydroxylation is 2. The average molecular weight is 484 g/mol. The molecule has 2 aromatic carbocycles. The molecule has 182 valence electrons. The minimum atomic E-state index is -4.61. The molecule has 0 radical (unpaired) electrons. The van der Waals surface area contributed by atoms with Gasteiger partial charge in [-0.2, -0.15) is 18.3 Å². The highest BCUT2D eigenvalue weighted by Gasteiger charge is 2.34. The van der Waals surface area contributed by atoms with Crippen LogP contribution in [0.15, 0.2) is 48.5 Å². The molecule has 2 heterocycles. The number of nitrogens with one attached hydrogen (secondary N) is 1. The fourth-order valence-electron chi connectivity index (χ4n) is 3.79. The van der Waals surface area contributed by atoms with E-state index in [9.17, 15) is 18.0 Å². The quantitative estimate of drug-likeness (QED) is 0.440. The van der Waals surface area contributed by atoms with Crippen molar-refractivity contribution in [2.45, 2.75) is 33.5 Å². The molecule has 0 aliphatic carbocycles. The third kappa shape index (κ3) is 4.88. The van der Waals surface area contributed by atoms with Crippen molar-refractivity contribution in [3.63, 3.8) is 0 Å². The molecule has 11 heteroatoms. The molecule has 0 bridgehead atoms. The summed E-state index contributed by atoms with van der Waals surface area (Å²) in [4.78, 5) is 12.8. The van der Waals surface area contributed by atoms with Gasteiger partial charge in [0.05, 0.1) is 35.4 Å². The van der Waals surface area contributed by atoms with Crippen LogP contribution in [0.25, 0.3) is 11.4 Å². The minimum absolute atomic E-state index is 0.0145. The zero-order valence-corrected chi connectivity index (χ0v) is 19.5. The van der Waals surface area contributed by atoms with Crippen molar-refractivity contribution < 1.29 is 22.7 Å². The summed E-state index contributed by atoms with van der Waals surface area (Å²) >= 11 is 0. The zero-order chi connectivity index (χ0) is 25.3. The first-order valence-electron chi connectivity index (χ1n) is 10.7. The van der Waals surface area contributed by atoms with E-state index in [4.69, 9.17) is 4.74 Å². The molecule has 35 heavy (non-hydrogen) atoms. The number of benzene rings is 2. The van der Waals surface area contributed by atoms with Gasteiger partial charge < -0.3 is 10.1 Å². The van der Waals surface area contributed by atoms with Gasteiger partial charge in [0, 0.05) is 18.3 Å². The maximum Gasteiger partial charge on any atom is 0.416 e. The topological polar surface area (TPSA) is 86.9 Å². The lowest BCUT2D eigenvalue weighted by molar-refractivity contribution is -0.138. The van der Waals surface area contributed by atoms with Crippen LogP contribution < -0.4 is 10.1 Å². The van der Waals surface area contributed by atoms with Crippen molar-refractivity contribution in [1.29, 1.82) is 0 Å². The lowest BCUT2D eigenvalue weighted by Gasteiger charge is -2.16. The van der Waals surface area contributed by atoms with E-state index in [0.29, 0.717) is 28.5 Å². The van der Waals surface area contributed by atoms with Crippen molar-refractivity contribution >= 4 is 5.91 Å². The van der Waals surface area contributed by atoms with Crippen LogP contribution in [0.3, 0.4) is 0 Å². The van der Waals surface area contributed by atoms with Crippen LogP contribution in [0.5, 0.6) is 5.75 Å². The van der Waals surface area contributed by atoms with E-state index in [-0.39, 0.29) is 23.5 Å². The number of ether oxygens (including phenoxy) is 1. The van der Waals surface area contributed by atoms with Crippen molar-refractivity contribution in [1.82, 2.24) is 30.1 Å². The standard InChI is InChI=1S/C24H23F3N6O2/c1-14-10-15(2)32(30-14)19-9-8-17(21(12-19)24(25,26)27)13-28-23(34)22-16(3)33(31-29-22)18-6-5-7-20(11-18)35-4/h5-12H,13H2,1-4H3,(H,28,34). The van der Waals surface area contributed by atoms with E-state index in [1.807, 2.05) is 0 Å². The summed E-state index contributed by atoms with van der Waals surface area (Å²) in [6, 6.07) is 12.7. The molecule has 1 amide bonds. The predicted molar refractivity (Wildman–Crippen MR) is 122 cm³/mol. The van der Waals surface area contributed by atoms with Crippen LogP contribution in [0.1, 0.15) is 38.7 Å². The van der Waals surface area contributed by atoms with Gasteiger partial charge in [-0.25, -0.2) is 9.36 Å². The molecule has 0 aliphatic heterocycles. The number of nitrogens with zero attached hydrogens (tertiary/aromatic N) is 5. The van der Waals surface area contributed by atoms with Crippen LogP contribution in [0, 0.1) is 20.8 Å². The second-order valence-electron chi connectivity index (χ2n) is 8.00. The summed E-state index contributed by atoms with van der Waals surface area (Å²) in [5, 5.41) is 14.7. The number of alkyl halides is 3. The third-order valence-corrected chi connectivity index (χ3v) is 5.50. The van der Waals surface area contributed by atoms with E-state index in [1.165, 1.54) is 22.5 Å². The fourth-order valence-corrected chi connectivity index (χ4v) is 3.79. The highest BCUT2D eigenvalue weighted by Crippen LogP contribution is 2.33. The van der Waals surface area contributed by atoms with Gasteiger partial charge in [-0.1, -0.05) is 17.3 Å². The van der Waals surface area contributed by atoms with Crippen LogP contribution in [-0.4, -0.2) is 37.8 Å². The molecular weight excluding hydrogens is 461 g/mol. The van der Waals surface area contributed by atoms with Gasteiger partial charge >= 0.3 is 6.18 Å². The molecule has 0 spiro atoms. The van der Waals surface area contributed by atoms with Gasteiger partial charge in [0.25, 0.3) is 5.91 Å². The number of hydrogen-bond donors (Lipinski definition) is 1. The number of carbonyl (C=O) groups is 1. The molecule has 4 rings (SSSR count). The van der Waals surface area contributed by atoms with E-state index < -0.39 is 17.6 Å². The van der Waals surface area contributed by atoms with E-state index in [0.717, 1.165) is 6.07 Å². The van der Waals surface area contributed by atoms with Crippen LogP contribution in [-0.2, 0) is 12.7 Å². The Hall–Kier alpha value is -4.15. The summed E-state index contributed by atoms with van der Waals surface area (Å²) in [5.74, 6) is -0.0283.